The molecular weight excluding hydrogens is 252 g/mol. The second-order valence-corrected chi connectivity index (χ2v) is 3.98. The molecule has 0 saturated carbocycles. The van der Waals surface area contributed by atoms with Gasteiger partial charge in [0.25, 0.3) is 10.3 Å². The van der Waals surface area contributed by atoms with Crippen molar-refractivity contribution in [1.29, 1.82) is 0 Å². The normalized spacial score (nSPS) is 10.6. The molecule has 0 saturated heterocycles. The van der Waals surface area contributed by atoms with E-state index in [1.165, 1.54) is 12.1 Å². The molecule has 1 heterocycles. The lowest BCUT2D eigenvalue weighted by Gasteiger charge is -2.07. The molecule has 5 nitrogen and oxygen atoms in total. The third-order valence-electron chi connectivity index (χ3n) is 1.79. The van der Waals surface area contributed by atoms with Gasteiger partial charge in [0.15, 0.2) is 0 Å². The number of rotatable bonds is 2. The molecule has 0 aromatic carbocycles. The number of pyridine rings is 1. The molecule has 0 bridgehead atoms. The molecule has 14 heavy (non-hydrogen) atoms. The lowest BCUT2D eigenvalue weighted by molar-refractivity contribution is -0.627. The van der Waals surface area contributed by atoms with Crippen LogP contribution in [-0.2, 0) is 0 Å². The monoisotopic (exact) mass is 260 g/mol. The molecule has 0 radical (unpaired) electrons. The van der Waals surface area contributed by atoms with Crippen LogP contribution in [-0.4, -0.2) is 4.92 Å². The van der Waals surface area contributed by atoms with E-state index in [-0.39, 0.29) is 16.2 Å². The standard InChI is InChI=1S/C8H9BrN2O3/c1-5(2)7-3-6(11(13)14)4-8(9)10(7)12/h3-5H,1-2H3. The third-order valence-corrected chi connectivity index (χ3v) is 2.34. The van der Waals surface area contributed by atoms with Crippen molar-refractivity contribution in [2.75, 3.05) is 0 Å². The van der Waals surface area contributed by atoms with Gasteiger partial charge in [0.2, 0.25) is 5.69 Å². The van der Waals surface area contributed by atoms with E-state index in [1.807, 2.05) is 0 Å². The summed E-state index contributed by atoms with van der Waals surface area (Å²) in [5, 5.41) is 21.9. The molecule has 76 valence electrons. The Kier molecular flexibility index (Phi) is 3.05. The average Bonchev–Trinajstić information content (AvgIpc) is 2.08. The summed E-state index contributed by atoms with van der Waals surface area (Å²) < 4.78 is 0.813. The van der Waals surface area contributed by atoms with Crippen LogP contribution in [0.1, 0.15) is 25.5 Å². The molecule has 0 fully saturated rings. The first-order valence-corrected chi connectivity index (χ1v) is 4.80. The van der Waals surface area contributed by atoms with Crippen molar-refractivity contribution >= 4 is 21.6 Å². The van der Waals surface area contributed by atoms with Crippen LogP contribution in [0.25, 0.3) is 0 Å². The quantitative estimate of drug-likeness (QED) is 0.269. The summed E-state index contributed by atoms with van der Waals surface area (Å²) in [4.78, 5) is 10.00. The van der Waals surface area contributed by atoms with Gasteiger partial charge in [0.1, 0.15) is 0 Å². The van der Waals surface area contributed by atoms with E-state index >= 15 is 0 Å². The summed E-state index contributed by atoms with van der Waals surface area (Å²) in [5.74, 6) is -0.0521. The minimum absolute atomic E-state index is 0.0521. The van der Waals surface area contributed by atoms with E-state index in [4.69, 9.17) is 0 Å². The smallest absolute Gasteiger partial charge is 0.283 e. The van der Waals surface area contributed by atoms with Crippen LogP contribution < -0.4 is 4.73 Å². The number of hydrogen-bond donors (Lipinski definition) is 0. The van der Waals surface area contributed by atoms with Crippen molar-refractivity contribution in [3.05, 3.63) is 37.8 Å². The van der Waals surface area contributed by atoms with Crippen LogP contribution in [0.5, 0.6) is 0 Å². The first kappa shape index (κ1) is 10.9. The largest absolute Gasteiger partial charge is 0.618 e. The minimum Gasteiger partial charge on any atom is -0.618 e. The van der Waals surface area contributed by atoms with Gasteiger partial charge in [0.05, 0.1) is 17.1 Å². The number of hydrogen-bond acceptors (Lipinski definition) is 3. The van der Waals surface area contributed by atoms with E-state index in [2.05, 4.69) is 15.9 Å². The Balaban J connectivity index is 3.35. The van der Waals surface area contributed by atoms with Crippen LogP contribution in [0.4, 0.5) is 5.69 Å². The van der Waals surface area contributed by atoms with Crippen LogP contribution in [0.15, 0.2) is 16.7 Å². The molecule has 1 aromatic heterocycles. The first-order chi connectivity index (χ1) is 6.43. The molecule has 1 rings (SSSR count). The second kappa shape index (κ2) is 3.91. The van der Waals surface area contributed by atoms with Crippen molar-refractivity contribution in [2.24, 2.45) is 0 Å². The fraction of sp³-hybridized carbons (Fsp3) is 0.375. The zero-order chi connectivity index (χ0) is 10.9. The maximum Gasteiger partial charge on any atom is 0.283 e. The van der Waals surface area contributed by atoms with E-state index in [9.17, 15) is 15.3 Å². The Hall–Kier alpha value is -1.17. The maximum atomic E-state index is 11.4. The third kappa shape index (κ3) is 2.01. The maximum absolute atomic E-state index is 11.4. The van der Waals surface area contributed by atoms with Crippen molar-refractivity contribution < 1.29 is 9.65 Å². The molecule has 0 aliphatic heterocycles. The number of aromatic nitrogens is 1. The first-order valence-electron chi connectivity index (χ1n) is 4.01. The predicted molar refractivity (Wildman–Crippen MR) is 53.8 cm³/mol. The molecule has 6 heteroatoms. The van der Waals surface area contributed by atoms with Crippen LogP contribution in [0, 0.1) is 15.3 Å². The molecule has 0 aliphatic carbocycles. The van der Waals surface area contributed by atoms with Crippen LogP contribution >= 0.6 is 15.9 Å². The lowest BCUT2D eigenvalue weighted by Crippen LogP contribution is -2.34. The van der Waals surface area contributed by atoms with Gasteiger partial charge in [-0.1, -0.05) is 13.8 Å². The number of nitrogens with zero attached hydrogens (tertiary/aromatic N) is 2. The van der Waals surface area contributed by atoms with E-state index in [1.54, 1.807) is 13.8 Å². The van der Waals surface area contributed by atoms with Crippen molar-refractivity contribution in [2.45, 2.75) is 19.8 Å². The molecule has 0 unspecified atom stereocenters. The van der Waals surface area contributed by atoms with Gasteiger partial charge < -0.3 is 5.21 Å². The summed E-state index contributed by atoms with van der Waals surface area (Å²) in [6, 6.07) is 2.49. The number of halogens is 1. The fourth-order valence-electron chi connectivity index (χ4n) is 1.06. The van der Waals surface area contributed by atoms with Gasteiger partial charge in [-0.05, 0) is 0 Å². The second-order valence-electron chi connectivity index (χ2n) is 3.17. The van der Waals surface area contributed by atoms with E-state index in [0.29, 0.717) is 10.4 Å². The van der Waals surface area contributed by atoms with Crippen molar-refractivity contribution in [3.8, 4) is 0 Å². The Bertz CT molecular complexity index is 379. The highest BCUT2D eigenvalue weighted by Gasteiger charge is 2.20. The Morgan fingerprint density at radius 3 is 2.50 bits per heavy atom. The molecule has 0 N–H and O–H groups in total. The van der Waals surface area contributed by atoms with Gasteiger partial charge >= 0.3 is 0 Å². The summed E-state index contributed by atoms with van der Waals surface area (Å²) in [7, 11) is 0. The van der Waals surface area contributed by atoms with Gasteiger partial charge in [0, 0.05) is 21.8 Å². The fourth-order valence-corrected chi connectivity index (χ4v) is 1.50. The minimum atomic E-state index is -0.517. The number of nitro groups is 1. The summed E-state index contributed by atoms with van der Waals surface area (Å²) in [6.45, 7) is 3.61. The Morgan fingerprint density at radius 1 is 1.50 bits per heavy atom. The van der Waals surface area contributed by atoms with Gasteiger partial charge in [-0.15, -0.1) is 0 Å². The van der Waals surface area contributed by atoms with Gasteiger partial charge in [-0.3, -0.25) is 10.1 Å². The highest BCUT2D eigenvalue weighted by molar-refractivity contribution is 9.10. The zero-order valence-corrected chi connectivity index (χ0v) is 9.32. The lowest BCUT2D eigenvalue weighted by atomic mass is 10.1. The van der Waals surface area contributed by atoms with E-state index < -0.39 is 4.92 Å². The highest BCUT2D eigenvalue weighted by atomic mass is 79.9. The molecule has 0 atom stereocenters. The van der Waals surface area contributed by atoms with Gasteiger partial charge in [-0.2, -0.15) is 4.73 Å². The predicted octanol–water partition coefficient (Wildman–Crippen LogP) is 2.11. The highest BCUT2D eigenvalue weighted by Crippen LogP contribution is 2.20. The summed E-state index contributed by atoms with van der Waals surface area (Å²) >= 11 is 2.98. The SMILES string of the molecule is CC(C)c1cc([N+](=O)[O-])cc(Br)[n+]1[O-]. The van der Waals surface area contributed by atoms with Crippen LogP contribution in [0.2, 0.25) is 0 Å². The topological polar surface area (TPSA) is 70.1 Å². The Labute approximate surface area is 89.2 Å². The molecule has 0 aliphatic rings. The molecular formula is C8H9BrN2O3. The average molecular weight is 261 g/mol. The van der Waals surface area contributed by atoms with E-state index in [0.717, 1.165) is 0 Å². The zero-order valence-electron chi connectivity index (χ0n) is 7.73. The molecule has 0 amide bonds. The molecule has 1 aromatic rings. The van der Waals surface area contributed by atoms with Crippen LogP contribution in [0.3, 0.4) is 0 Å². The summed E-state index contributed by atoms with van der Waals surface area (Å²) in [5.41, 5.74) is 0.304. The van der Waals surface area contributed by atoms with Gasteiger partial charge in [-0.25, -0.2) is 0 Å². The van der Waals surface area contributed by atoms with Crippen molar-refractivity contribution in [3.63, 3.8) is 0 Å². The summed E-state index contributed by atoms with van der Waals surface area (Å²) in [6.07, 6.45) is 0. The molecule has 0 spiro atoms. The Morgan fingerprint density at radius 2 is 2.07 bits per heavy atom. The van der Waals surface area contributed by atoms with Crippen molar-refractivity contribution in [1.82, 2.24) is 0 Å².